The highest BCUT2D eigenvalue weighted by atomic mass is 16.5. The van der Waals surface area contributed by atoms with Crippen molar-refractivity contribution < 1.29 is 4.74 Å². The Balaban J connectivity index is 0.000000164. The maximum Gasteiger partial charge on any atom is 0.0591 e. The number of aromatic nitrogens is 1. The molecule has 4 saturated heterocycles. The number of nitrogens with one attached hydrogen (secondary N) is 5. The highest BCUT2D eigenvalue weighted by Gasteiger charge is 1.94. The van der Waals surface area contributed by atoms with Crippen molar-refractivity contribution in [3.63, 3.8) is 0 Å². The number of morpholine rings is 1. The minimum atomic E-state index is 0.889. The van der Waals surface area contributed by atoms with Crippen LogP contribution in [-0.2, 0) is 4.74 Å². The van der Waals surface area contributed by atoms with Crippen molar-refractivity contribution in [3.05, 3.63) is 24.5 Å². The van der Waals surface area contributed by atoms with Gasteiger partial charge in [0.05, 0.1) is 13.2 Å². The Hall–Kier alpha value is -0.920. The summed E-state index contributed by atoms with van der Waals surface area (Å²) in [4.78, 5) is 2.86. The molecule has 0 unspecified atom stereocenters. The molecule has 1 aromatic heterocycles. The van der Waals surface area contributed by atoms with Crippen molar-refractivity contribution in [2.24, 2.45) is 0 Å². The SMILES string of the molecule is C1CCNC1.C1CCNCC1.C1CNC1.C1COCCN1.c1cc[nH]c1. The zero-order valence-electron chi connectivity index (χ0n) is 16.5. The lowest BCUT2D eigenvalue weighted by Gasteiger charge is -2.10. The van der Waals surface area contributed by atoms with Crippen LogP contribution in [0.5, 0.6) is 0 Å². The Bertz CT molecular complexity index is 268. The summed E-state index contributed by atoms with van der Waals surface area (Å²) in [5.41, 5.74) is 0. The van der Waals surface area contributed by atoms with Gasteiger partial charge in [-0.25, -0.2) is 0 Å². The number of aromatic amines is 1. The summed E-state index contributed by atoms with van der Waals surface area (Å²) in [5.74, 6) is 0. The normalized spacial score (nSPS) is 20.9. The van der Waals surface area contributed by atoms with Crippen LogP contribution in [0.15, 0.2) is 24.5 Å². The summed E-state index contributed by atoms with van der Waals surface area (Å²) in [7, 11) is 0. The molecule has 0 saturated carbocycles. The third-order valence-corrected chi connectivity index (χ3v) is 4.21. The minimum Gasteiger partial charge on any atom is -0.379 e. The van der Waals surface area contributed by atoms with Crippen LogP contribution >= 0.6 is 0 Å². The van der Waals surface area contributed by atoms with Gasteiger partial charge in [0, 0.05) is 25.5 Å². The second-order valence-electron chi connectivity index (χ2n) is 6.62. The summed E-state index contributed by atoms with van der Waals surface area (Å²) < 4.78 is 5.01. The van der Waals surface area contributed by atoms with Crippen LogP contribution in [-0.4, -0.2) is 70.6 Å². The predicted octanol–water partition coefficient (Wildman–Crippen LogP) is 1.73. The van der Waals surface area contributed by atoms with Gasteiger partial charge >= 0.3 is 0 Å². The smallest absolute Gasteiger partial charge is 0.0591 e. The first kappa shape index (κ1) is 23.1. The molecule has 1 aromatic rings. The van der Waals surface area contributed by atoms with Crippen LogP contribution in [0.25, 0.3) is 0 Å². The van der Waals surface area contributed by atoms with Crippen molar-refractivity contribution in [1.29, 1.82) is 0 Å². The van der Waals surface area contributed by atoms with Crippen molar-refractivity contribution in [2.75, 3.05) is 65.6 Å². The molecule has 5 heterocycles. The molecule has 0 spiro atoms. The number of ether oxygens (including phenoxy) is 1. The van der Waals surface area contributed by atoms with E-state index in [1.807, 2.05) is 24.5 Å². The Morgan fingerprint density at radius 2 is 0.846 bits per heavy atom. The van der Waals surface area contributed by atoms with Gasteiger partial charge in [-0.15, -0.1) is 0 Å². The molecule has 6 heteroatoms. The molecule has 5 N–H and O–H groups in total. The van der Waals surface area contributed by atoms with E-state index in [2.05, 4.69) is 26.3 Å². The molecule has 4 fully saturated rings. The van der Waals surface area contributed by atoms with Gasteiger partial charge in [0.1, 0.15) is 0 Å². The molecule has 0 radical (unpaired) electrons. The van der Waals surface area contributed by atoms with E-state index in [1.165, 1.54) is 77.8 Å². The fourth-order valence-corrected chi connectivity index (χ4v) is 2.40. The van der Waals surface area contributed by atoms with E-state index >= 15 is 0 Å². The van der Waals surface area contributed by atoms with Gasteiger partial charge in [0.2, 0.25) is 0 Å². The first-order valence-corrected chi connectivity index (χ1v) is 10.5. The largest absolute Gasteiger partial charge is 0.379 e. The third-order valence-electron chi connectivity index (χ3n) is 4.21. The quantitative estimate of drug-likeness (QED) is 0.483. The molecule has 0 bridgehead atoms. The maximum atomic E-state index is 5.01. The van der Waals surface area contributed by atoms with Crippen LogP contribution < -0.4 is 21.3 Å². The highest BCUT2D eigenvalue weighted by molar-refractivity contribution is 4.84. The lowest BCUT2D eigenvalue weighted by Crippen LogP contribution is -2.30. The zero-order valence-corrected chi connectivity index (χ0v) is 16.5. The van der Waals surface area contributed by atoms with Crippen LogP contribution in [0.2, 0.25) is 0 Å². The molecule has 4 aliphatic rings. The van der Waals surface area contributed by atoms with Crippen LogP contribution in [0.4, 0.5) is 0 Å². The van der Waals surface area contributed by atoms with Crippen molar-refractivity contribution in [2.45, 2.75) is 38.5 Å². The first-order chi connectivity index (χ1) is 13.0. The molecule has 152 valence electrons. The molecule has 0 aromatic carbocycles. The minimum absolute atomic E-state index is 0.889. The van der Waals surface area contributed by atoms with Crippen molar-refractivity contribution >= 4 is 0 Å². The van der Waals surface area contributed by atoms with Crippen molar-refractivity contribution in [3.8, 4) is 0 Å². The van der Waals surface area contributed by atoms with Gasteiger partial charge in [-0.2, -0.15) is 0 Å². The number of piperidine rings is 1. The summed E-state index contributed by atoms with van der Waals surface area (Å²) in [6.07, 6.45) is 12.1. The maximum absolute atomic E-state index is 5.01. The number of H-pyrrole nitrogens is 1. The molecule has 26 heavy (non-hydrogen) atoms. The van der Waals surface area contributed by atoms with Gasteiger partial charge in [0.15, 0.2) is 0 Å². The highest BCUT2D eigenvalue weighted by Crippen LogP contribution is 1.96. The Kier molecular flexibility index (Phi) is 18.1. The summed E-state index contributed by atoms with van der Waals surface area (Å²) >= 11 is 0. The van der Waals surface area contributed by atoms with Gasteiger partial charge < -0.3 is 31.0 Å². The Morgan fingerprint density at radius 1 is 0.462 bits per heavy atom. The first-order valence-electron chi connectivity index (χ1n) is 10.5. The second kappa shape index (κ2) is 20.4. The van der Waals surface area contributed by atoms with Crippen LogP contribution in [0.1, 0.15) is 38.5 Å². The Labute approximate surface area is 160 Å². The molecule has 4 aliphatic heterocycles. The average molecular weight is 368 g/mol. The molecular formula is C20H41N5O. The number of hydrogen-bond donors (Lipinski definition) is 5. The van der Waals surface area contributed by atoms with Crippen molar-refractivity contribution in [1.82, 2.24) is 26.3 Å². The van der Waals surface area contributed by atoms with Gasteiger partial charge in [-0.05, 0) is 83.5 Å². The fourth-order valence-electron chi connectivity index (χ4n) is 2.40. The molecule has 0 atom stereocenters. The van der Waals surface area contributed by atoms with E-state index in [0.29, 0.717) is 0 Å². The fraction of sp³-hybridized carbons (Fsp3) is 0.800. The summed E-state index contributed by atoms with van der Waals surface area (Å²) in [6.45, 7) is 11.3. The molecular weight excluding hydrogens is 326 g/mol. The summed E-state index contributed by atoms with van der Waals surface area (Å²) in [5, 5.41) is 12.8. The van der Waals surface area contributed by atoms with E-state index in [1.54, 1.807) is 0 Å². The second-order valence-corrected chi connectivity index (χ2v) is 6.62. The van der Waals surface area contributed by atoms with E-state index in [4.69, 9.17) is 4.74 Å². The number of hydrogen-bond acceptors (Lipinski definition) is 5. The lowest BCUT2D eigenvalue weighted by atomic mass is 10.2. The van der Waals surface area contributed by atoms with Gasteiger partial charge in [0.25, 0.3) is 0 Å². The third kappa shape index (κ3) is 17.9. The average Bonchev–Trinajstić information content (AvgIpc) is 3.42. The molecule has 5 rings (SSSR count). The predicted molar refractivity (Wildman–Crippen MR) is 111 cm³/mol. The standard InChI is InChI=1S/C5H11N.C4H9NO.C4H9N.C4H5N.C3H7N/c1-2-4-6-5-3-1;1-3-6-4-2-5-1;2*1-2-4-5-3-1;1-2-4-3-1/h6H,1-5H2;5H,1-4H2;5H,1-4H2;1-5H;4H,1-3H2. The summed E-state index contributed by atoms with van der Waals surface area (Å²) in [6, 6.07) is 3.89. The molecule has 6 nitrogen and oxygen atoms in total. The molecule has 0 amide bonds. The molecule has 0 aliphatic carbocycles. The van der Waals surface area contributed by atoms with E-state index in [-0.39, 0.29) is 0 Å². The van der Waals surface area contributed by atoms with Gasteiger partial charge in [-0.1, -0.05) is 6.42 Å². The topological polar surface area (TPSA) is 73.1 Å². The lowest BCUT2D eigenvalue weighted by molar-refractivity contribution is 0.109. The Morgan fingerprint density at radius 3 is 1.00 bits per heavy atom. The van der Waals surface area contributed by atoms with Crippen LogP contribution in [0.3, 0.4) is 0 Å². The van der Waals surface area contributed by atoms with E-state index < -0.39 is 0 Å². The van der Waals surface area contributed by atoms with Crippen LogP contribution in [0, 0.1) is 0 Å². The van der Waals surface area contributed by atoms with E-state index in [9.17, 15) is 0 Å². The number of rotatable bonds is 0. The zero-order chi connectivity index (χ0) is 18.4. The van der Waals surface area contributed by atoms with E-state index in [0.717, 1.165) is 26.3 Å². The van der Waals surface area contributed by atoms with Gasteiger partial charge in [-0.3, -0.25) is 0 Å². The monoisotopic (exact) mass is 367 g/mol.